The maximum absolute atomic E-state index is 13.4. The van der Waals surface area contributed by atoms with Crippen LogP contribution < -0.4 is 10.6 Å². The molecular weight excluding hydrogens is 271 g/mol. The first-order valence-electron chi connectivity index (χ1n) is 6.50. The van der Waals surface area contributed by atoms with Gasteiger partial charge >= 0.3 is 0 Å². The Kier molecular flexibility index (Phi) is 5.07. The smallest absolute Gasteiger partial charge is 0.170 e. The highest BCUT2D eigenvalue weighted by Gasteiger charge is 2.01. The predicted molar refractivity (Wildman–Crippen MR) is 85.5 cm³/mol. The second kappa shape index (κ2) is 7.01. The van der Waals surface area contributed by atoms with Gasteiger partial charge in [-0.15, -0.1) is 0 Å². The summed E-state index contributed by atoms with van der Waals surface area (Å²) in [4.78, 5) is 0. The summed E-state index contributed by atoms with van der Waals surface area (Å²) >= 11 is 5.21. The van der Waals surface area contributed by atoms with Crippen molar-refractivity contribution in [1.82, 2.24) is 5.32 Å². The molecule has 0 atom stereocenters. The van der Waals surface area contributed by atoms with Crippen molar-refractivity contribution in [1.29, 1.82) is 0 Å². The van der Waals surface area contributed by atoms with E-state index < -0.39 is 0 Å². The van der Waals surface area contributed by atoms with Gasteiger partial charge in [0.1, 0.15) is 5.82 Å². The molecule has 104 valence electrons. The number of benzene rings is 2. The molecule has 0 spiro atoms. The van der Waals surface area contributed by atoms with Gasteiger partial charge in [0.25, 0.3) is 0 Å². The maximum Gasteiger partial charge on any atom is 0.170 e. The predicted octanol–water partition coefficient (Wildman–Crippen LogP) is 3.66. The lowest BCUT2D eigenvalue weighted by Crippen LogP contribution is -2.30. The van der Waals surface area contributed by atoms with Gasteiger partial charge in [0, 0.05) is 12.2 Å². The minimum atomic E-state index is -0.174. The van der Waals surface area contributed by atoms with Crippen molar-refractivity contribution in [2.75, 3.05) is 11.9 Å². The topological polar surface area (TPSA) is 24.1 Å². The number of halogens is 1. The number of aryl methyl sites for hydroxylation is 1. The van der Waals surface area contributed by atoms with E-state index in [9.17, 15) is 4.39 Å². The molecule has 0 heterocycles. The summed E-state index contributed by atoms with van der Waals surface area (Å²) in [5.41, 5.74) is 2.82. The fourth-order valence-corrected chi connectivity index (χ4v) is 2.13. The largest absolute Gasteiger partial charge is 0.362 e. The number of thiocarbonyl (C=S) groups is 1. The van der Waals surface area contributed by atoms with Gasteiger partial charge in [-0.05, 0) is 54.9 Å². The van der Waals surface area contributed by atoms with Crippen LogP contribution in [-0.4, -0.2) is 11.7 Å². The van der Waals surface area contributed by atoms with E-state index in [-0.39, 0.29) is 5.82 Å². The quantitative estimate of drug-likeness (QED) is 0.840. The van der Waals surface area contributed by atoms with Crippen LogP contribution in [0, 0.1) is 12.7 Å². The molecule has 0 bridgehead atoms. The Morgan fingerprint density at radius 3 is 2.70 bits per heavy atom. The molecule has 2 N–H and O–H groups in total. The van der Waals surface area contributed by atoms with Crippen LogP contribution in [0.4, 0.5) is 10.1 Å². The van der Waals surface area contributed by atoms with Gasteiger partial charge < -0.3 is 10.6 Å². The minimum absolute atomic E-state index is 0.174. The summed E-state index contributed by atoms with van der Waals surface area (Å²) in [6.07, 6.45) is 0.600. The SMILES string of the molecule is Cc1cccc(NC(=S)NCCc2ccccc2F)c1. The Balaban J connectivity index is 1.80. The molecule has 0 fully saturated rings. The lowest BCUT2D eigenvalue weighted by Gasteiger charge is -2.11. The second-order valence-electron chi connectivity index (χ2n) is 4.59. The van der Waals surface area contributed by atoms with Crippen LogP contribution >= 0.6 is 12.2 Å². The van der Waals surface area contributed by atoms with Crippen LogP contribution in [0.15, 0.2) is 48.5 Å². The molecule has 2 nitrogen and oxygen atoms in total. The molecule has 20 heavy (non-hydrogen) atoms. The molecule has 0 saturated carbocycles. The van der Waals surface area contributed by atoms with Crippen molar-refractivity contribution < 1.29 is 4.39 Å². The lowest BCUT2D eigenvalue weighted by atomic mass is 10.1. The van der Waals surface area contributed by atoms with Crippen LogP contribution in [0.3, 0.4) is 0 Å². The van der Waals surface area contributed by atoms with Gasteiger partial charge in [0.15, 0.2) is 5.11 Å². The molecule has 0 aromatic heterocycles. The molecule has 0 aliphatic rings. The first-order chi connectivity index (χ1) is 9.65. The fourth-order valence-electron chi connectivity index (χ4n) is 1.91. The molecule has 0 amide bonds. The fraction of sp³-hybridized carbons (Fsp3) is 0.188. The van der Waals surface area contributed by atoms with Gasteiger partial charge in [-0.3, -0.25) is 0 Å². The Morgan fingerprint density at radius 2 is 1.95 bits per heavy atom. The average molecular weight is 288 g/mol. The van der Waals surface area contributed by atoms with E-state index in [2.05, 4.69) is 10.6 Å². The third kappa shape index (κ3) is 4.31. The molecule has 0 saturated heterocycles. The van der Waals surface area contributed by atoms with Gasteiger partial charge in [-0.2, -0.15) is 0 Å². The molecule has 2 aromatic rings. The van der Waals surface area contributed by atoms with E-state index in [0.717, 1.165) is 5.69 Å². The first-order valence-corrected chi connectivity index (χ1v) is 6.91. The van der Waals surface area contributed by atoms with E-state index in [1.165, 1.54) is 11.6 Å². The molecule has 0 unspecified atom stereocenters. The summed E-state index contributed by atoms with van der Waals surface area (Å²) in [7, 11) is 0. The van der Waals surface area contributed by atoms with E-state index in [1.54, 1.807) is 12.1 Å². The minimum Gasteiger partial charge on any atom is -0.362 e. The average Bonchev–Trinajstić information content (AvgIpc) is 2.41. The van der Waals surface area contributed by atoms with Crippen LogP contribution in [0.1, 0.15) is 11.1 Å². The number of nitrogens with one attached hydrogen (secondary N) is 2. The van der Waals surface area contributed by atoms with E-state index in [1.807, 2.05) is 37.3 Å². The standard InChI is InChI=1S/C16H17FN2S/c1-12-5-4-7-14(11-12)19-16(20)18-10-9-13-6-2-3-8-15(13)17/h2-8,11H,9-10H2,1H3,(H2,18,19,20). The highest BCUT2D eigenvalue weighted by molar-refractivity contribution is 7.80. The Morgan fingerprint density at radius 1 is 1.15 bits per heavy atom. The van der Waals surface area contributed by atoms with Crippen molar-refractivity contribution in [2.24, 2.45) is 0 Å². The van der Waals surface area contributed by atoms with Crippen molar-refractivity contribution in [3.8, 4) is 0 Å². The Labute approximate surface area is 124 Å². The molecule has 0 aliphatic heterocycles. The first kappa shape index (κ1) is 14.5. The monoisotopic (exact) mass is 288 g/mol. The molecular formula is C16H17FN2S. The maximum atomic E-state index is 13.4. The number of rotatable bonds is 4. The number of hydrogen-bond acceptors (Lipinski definition) is 1. The van der Waals surface area contributed by atoms with Crippen LogP contribution in [-0.2, 0) is 6.42 Å². The summed E-state index contributed by atoms with van der Waals surface area (Å²) < 4.78 is 13.4. The zero-order valence-electron chi connectivity index (χ0n) is 11.3. The number of anilines is 1. The van der Waals surface area contributed by atoms with Crippen LogP contribution in [0.5, 0.6) is 0 Å². The van der Waals surface area contributed by atoms with Crippen molar-refractivity contribution >= 4 is 23.0 Å². The molecule has 2 aromatic carbocycles. The van der Waals surface area contributed by atoms with Gasteiger partial charge in [0.05, 0.1) is 0 Å². The number of hydrogen-bond donors (Lipinski definition) is 2. The second-order valence-corrected chi connectivity index (χ2v) is 5.00. The third-order valence-electron chi connectivity index (χ3n) is 2.91. The zero-order chi connectivity index (χ0) is 14.4. The molecule has 0 radical (unpaired) electrons. The van der Waals surface area contributed by atoms with Gasteiger partial charge in [-0.1, -0.05) is 30.3 Å². The highest BCUT2D eigenvalue weighted by Crippen LogP contribution is 2.09. The van der Waals surface area contributed by atoms with E-state index >= 15 is 0 Å². The van der Waals surface area contributed by atoms with E-state index in [0.29, 0.717) is 23.6 Å². The Hall–Kier alpha value is -1.94. The van der Waals surface area contributed by atoms with Crippen molar-refractivity contribution in [2.45, 2.75) is 13.3 Å². The van der Waals surface area contributed by atoms with Crippen molar-refractivity contribution in [3.63, 3.8) is 0 Å². The van der Waals surface area contributed by atoms with E-state index in [4.69, 9.17) is 12.2 Å². The van der Waals surface area contributed by atoms with Crippen LogP contribution in [0.2, 0.25) is 0 Å². The van der Waals surface area contributed by atoms with Crippen LogP contribution in [0.25, 0.3) is 0 Å². The summed E-state index contributed by atoms with van der Waals surface area (Å²) in [5, 5.41) is 6.74. The lowest BCUT2D eigenvalue weighted by molar-refractivity contribution is 0.607. The third-order valence-corrected chi connectivity index (χ3v) is 3.16. The molecule has 0 aliphatic carbocycles. The zero-order valence-corrected chi connectivity index (χ0v) is 12.1. The van der Waals surface area contributed by atoms with Crippen molar-refractivity contribution in [3.05, 3.63) is 65.5 Å². The highest BCUT2D eigenvalue weighted by atomic mass is 32.1. The summed E-state index contributed by atoms with van der Waals surface area (Å²) in [6.45, 7) is 2.62. The Bertz CT molecular complexity index is 599. The molecule has 4 heteroatoms. The van der Waals surface area contributed by atoms with Gasteiger partial charge in [0.2, 0.25) is 0 Å². The summed E-state index contributed by atoms with van der Waals surface area (Å²) in [6, 6.07) is 14.8. The normalized spacial score (nSPS) is 10.1. The molecule has 2 rings (SSSR count). The van der Waals surface area contributed by atoms with Gasteiger partial charge in [-0.25, -0.2) is 4.39 Å². The summed E-state index contributed by atoms with van der Waals surface area (Å²) in [5.74, 6) is -0.174.